The third kappa shape index (κ3) is 5.18. The lowest BCUT2D eigenvalue weighted by molar-refractivity contribution is -0.118. The lowest BCUT2D eigenvalue weighted by Gasteiger charge is -2.09. The van der Waals surface area contributed by atoms with Gasteiger partial charge in [0.15, 0.2) is 6.61 Å². The summed E-state index contributed by atoms with van der Waals surface area (Å²) in [6.07, 6.45) is 5.41. The van der Waals surface area contributed by atoms with Crippen molar-refractivity contribution < 1.29 is 9.53 Å². The lowest BCUT2D eigenvalue weighted by Crippen LogP contribution is -2.20. The Labute approximate surface area is 153 Å². The molecule has 0 unspecified atom stereocenters. The molecule has 4 heteroatoms. The minimum absolute atomic E-state index is 0.00968. The molecular weight excluding hydrogens is 324 g/mol. The summed E-state index contributed by atoms with van der Waals surface area (Å²) >= 11 is 0. The maximum absolute atomic E-state index is 12.0. The number of rotatable bonds is 7. The smallest absolute Gasteiger partial charge is 0.262 e. The van der Waals surface area contributed by atoms with Crippen molar-refractivity contribution in [1.29, 1.82) is 0 Å². The van der Waals surface area contributed by atoms with Crippen molar-refractivity contribution in [1.82, 2.24) is 4.98 Å². The van der Waals surface area contributed by atoms with Crippen LogP contribution in [0.3, 0.4) is 0 Å². The molecule has 1 aromatic heterocycles. The van der Waals surface area contributed by atoms with Crippen molar-refractivity contribution in [3.05, 3.63) is 89.7 Å². The van der Waals surface area contributed by atoms with Crippen LogP contribution in [-0.4, -0.2) is 17.5 Å². The Morgan fingerprint density at radius 2 is 1.50 bits per heavy atom. The van der Waals surface area contributed by atoms with Gasteiger partial charge in [-0.3, -0.25) is 9.78 Å². The molecule has 0 atom stereocenters. The van der Waals surface area contributed by atoms with E-state index in [-0.39, 0.29) is 12.5 Å². The molecule has 0 fully saturated rings. The Balaban J connectivity index is 1.49. The molecule has 132 valence electrons. The molecule has 0 aliphatic carbocycles. The van der Waals surface area contributed by atoms with E-state index >= 15 is 0 Å². The second kappa shape index (κ2) is 8.81. The van der Waals surface area contributed by atoms with Gasteiger partial charge in [-0.05, 0) is 65.9 Å². The van der Waals surface area contributed by atoms with Gasteiger partial charge < -0.3 is 10.1 Å². The van der Waals surface area contributed by atoms with Gasteiger partial charge in [0.05, 0.1) is 0 Å². The fourth-order valence-corrected chi connectivity index (χ4v) is 2.61. The maximum atomic E-state index is 12.0. The van der Waals surface area contributed by atoms with Crippen LogP contribution in [0.4, 0.5) is 5.69 Å². The molecule has 0 bridgehead atoms. The van der Waals surface area contributed by atoms with Crippen molar-refractivity contribution >= 4 is 11.6 Å². The van der Waals surface area contributed by atoms with Crippen molar-refractivity contribution in [2.24, 2.45) is 0 Å². The first kappa shape index (κ1) is 17.7. The number of amides is 1. The van der Waals surface area contributed by atoms with Gasteiger partial charge >= 0.3 is 0 Å². The maximum Gasteiger partial charge on any atom is 0.262 e. The Bertz CT molecular complexity index is 828. The number of hydrogen-bond donors (Lipinski definition) is 1. The van der Waals surface area contributed by atoms with Gasteiger partial charge in [-0.2, -0.15) is 0 Å². The highest BCUT2D eigenvalue weighted by Gasteiger charge is 2.04. The predicted molar refractivity (Wildman–Crippen MR) is 103 cm³/mol. The number of carbonyl (C=O) groups excluding carboxylic acids is 1. The van der Waals surface area contributed by atoms with E-state index in [1.807, 2.05) is 60.7 Å². The first-order valence-corrected chi connectivity index (χ1v) is 8.72. The second-order valence-electron chi connectivity index (χ2n) is 6.06. The Kier molecular flexibility index (Phi) is 5.99. The molecule has 3 rings (SSSR count). The first-order chi connectivity index (χ1) is 12.7. The predicted octanol–water partition coefficient (Wildman–Crippen LogP) is 4.25. The Morgan fingerprint density at radius 1 is 0.885 bits per heavy atom. The Morgan fingerprint density at radius 3 is 2.15 bits per heavy atom. The number of carbonyl (C=O) groups is 1. The fraction of sp³-hybridized carbons (Fsp3) is 0.182. The van der Waals surface area contributed by atoms with Crippen LogP contribution in [0.2, 0.25) is 0 Å². The van der Waals surface area contributed by atoms with Gasteiger partial charge in [0, 0.05) is 18.1 Å². The summed E-state index contributed by atoms with van der Waals surface area (Å²) in [6, 6.07) is 19.6. The molecule has 0 saturated heterocycles. The zero-order valence-electron chi connectivity index (χ0n) is 14.8. The summed E-state index contributed by atoms with van der Waals surface area (Å²) in [5, 5.41) is 2.85. The van der Waals surface area contributed by atoms with E-state index in [0.29, 0.717) is 5.75 Å². The number of aromatic nitrogens is 1. The molecule has 1 heterocycles. The van der Waals surface area contributed by atoms with E-state index in [9.17, 15) is 4.79 Å². The highest BCUT2D eigenvalue weighted by Crippen LogP contribution is 2.14. The third-order valence-electron chi connectivity index (χ3n) is 4.10. The summed E-state index contributed by atoms with van der Waals surface area (Å²) in [4.78, 5) is 16.1. The normalized spacial score (nSPS) is 10.3. The van der Waals surface area contributed by atoms with Crippen molar-refractivity contribution in [3.8, 4) is 5.75 Å². The first-order valence-electron chi connectivity index (χ1n) is 8.72. The summed E-state index contributed by atoms with van der Waals surface area (Å²) < 4.78 is 5.52. The average molecular weight is 346 g/mol. The number of nitrogens with one attached hydrogen (secondary N) is 1. The van der Waals surface area contributed by atoms with Crippen molar-refractivity contribution in [2.75, 3.05) is 11.9 Å². The zero-order chi connectivity index (χ0) is 18.2. The van der Waals surface area contributed by atoms with Gasteiger partial charge in [-0.1, -0.05) is 31.2 Å². The van der Waals surface area contributed by atoms with Gasteiger partial charge in [0.25, 0.3) is 5.91 Å². The number of aryl methyl sites for hydroxylation is 1. The molecule has 0 aliphatic heterocycles. The van der Waals surface area contributed by atoms with E-state index < -0.39 is 0 Å². The quantitative estimate of drug-likeness (QED) is 0.696. The van der Waals surface area contributed by atoms with E-state index in [1.54, 1.807) is 12.4 Å². The minimum Gasteiger partial charge on any atom is -0.484 e. The topological polar surface area (TPSA) is 51.2 Å². The fourth-order valence-electron chi connectivity index (χ4n) is 2.61. The van der Waals surface area contributed by atoms with Gasteiger partial charge in [-0.25, -0.2) is 0 Å². The molecule has 26 heavy (non-hydrogen) atoms. The van der Waals surface area contributed by atoms with E-state index in [1.165, 1.54) is 16.7 Å². The standard InChI is InChI=1S/C22H22N2O2/c1-2-17-5-9-21(10-6-17)26-16-22(25)24-20-7-3-18(4-8-20)15-19-11-13-23-14-12-19/h3-14H,2,15-16H2,1H3,(H,24,25). The highest BCUT2D eigenvalue weighted by atomic mass is 16.5. The molecule has 0 aliphatic rings. The Hall–Kier alpha value is -3.14. The molecule has 0 saturated carbocycles. The van der Waals surface area contributed by atoms with Crippen LogP contribution in [-0.2, 0) is 17.6 Å². The monoisotopic (exact) mass is 346 g/mol. The third-order valence-corrected chi connectivity index (χ3v) is 4.10. The highest BCUT2D eigenvalue weighted by molar-refractivity contribution is 5.91. The summed E-state index contributed by atoms with van der Waals surface area (Å²) in [7, 11) is 0. The van der Waals surface area contributed by atoms with Crippen LogP contribution in [0.15, 0.2) is 73.1 Å². The number of benzene rings is 2. The number of ether oxygens (including phenoxy) is 1. The summed E-state index contributed by atoms with van der Waals surface area (Å²) in [6.45, 7) is 2.09. The molecule has 0 spiro atoms. The van der Waals surface area contributed by atoms with E-state index in [4.69, 9.17) is 4.74 Å². The van der Waals surface area contributed by atoms with Gasteiger partial charge in [-0.15, -0.1) is 0 Å². The number of pyridine rings is 1. The van der Waals surface area contributed by atoms with Gasteiger partial charge in [0.1, 0.15) is 5.75 Å². The molecule has 2 aromatic carbocycles. The van der Waals surface area contributed by atoms with E-state index in [0.717, 1.165) is 18.5 Å². The van der Waals surface area contributed by atoms with Crippen molar-refractivity contribution in [2.45, 2.75) is 19.8 Å². The van der Waals surface area contributed by atoms with Gasteiger partial charge in [0.2, 0.25) is 0 Å². The van der Waals surface area contributed by atoms with E-state index in [2.05, 4.69) is 17.2 Å². The number of anilines is 1. The average Bonchev–Trinajstić information content (AvgIpc) is 2.69. The largest absolute Gasteiger partial charge is 0.484 e. The van der Waals surface area contributed by atoms with Crippen LogP contribution in [0.25, 0.3) is 0 Å². The lowest BCUT2D eigenvalue weighted by atomic mass is 10.1. The molecule has 1 N–H and O–H groups in total. The van der Waals surface area contributed by atoms with Crippen LogP contribution >= 0.6 is 0 Å². The summed E-state index contributed by atoms with van der Waals surface area (Å²) in [5.74, 6) is 0.525. The SMILES string of the molecule is CCc1ccc(OCC(=O)Nc2ccc(Cc3ccncc3)cc2)cc1. The molecule has 0 radical (unpaired) electrons. The molecular formula is C22H22N2O2. The zero-order valence-corrected chi connectivity index (χ0v) is 14.8. The second-order valence-corrected chi connectivity index (χ2v) is 6.06. The molecule has 4 nitrogen and oxygen atoms in total. The number of nitrogens with zero attached hydrogens (tertiary/aromatic N) is 1. The minimum atomic E-state index is -0.175. The molecule has 1 amide bonds. The van der Waals surface area contributed by atoms with Crippen LogP contribution in [0.5, 0.6) is 5.75 Å². The number of hydrogen-bond acceptors (Lipinski definition) is 3. The van der Waals surface area contributed by atoms with Crippen LogP contribution in [0, 0.1) is 0 Å². The molecule has 3 aromatic rings. The van der Waals surface area contributed by atoms with Crippen LogP contribution in [0.1, 0.15) is 23.6 Å². The van der Waals surface area contributed by atoms with Crippen LogP contribution < -0.4 is 10.1 Å². The summed E-state index contributed by atoms with van der Waals surface area (Å²) in [5.41, 5.74) is 4.40. The van der Waals surface area contributed by atoms with Crippen molar-refractivity contribution in [3.63, 3.8) is 0 Å².